The molecule has 0 bridgehead atoms. The van der Waals surface area contributed by atoms with Crippen molar-refractivity contribution in [1.82, 2.24) is 9.78 Å². The van der Waals surface area contributed by atoms with E-state index in [4.69, 9.17) is 0 Å². The van der Waals surface area contributed by atoms with Gasteiger partial charge in [-0.3, -0.25) is 9.48 Å². The number of rotatable bonds is 5. The van der Waals surface area contributed by atoms with E-state index >= 15 is 0 Å². The van der Waals surface area contributed by atoms with Gasteiger partial charge in [0.15, 0.2) is 0 Å². The van der Waals surface area contributed by atoms with Crippen molar-refractivity contribution in [2.45, 2.75) is 13.5 Å². The van der Waals surface area contributed by atoms with Crippen LogP contribution in [0.3, 0.4) is 0 Å². The van der Waals surface area contributed by atoms with Crippen molar-refractivity contribution in [2.24, 2.45) is 7.05 Å². The predicted molar refractivity (Wildman–Crippen MR) is 98.9 cm³/mol. The van der Waals surface area contributed by atoms with E-state index < -0.39 is 0 Å². The Morgan fingerprint density at radius 1 is 1.29 bits per heavy atom. The van der Waals surface area contributed by atoms with E-state index in [0.717, 1.165) is 16.1 Å². The van der Waals surface area contributed by atoms with Gasteiger partial charge in [-0.15, -0.1) is 11.3 Å². The minimum atomic E-state index is -0.0584. The molecule has 4 nitrogen and oxygen atoms in total. The van der Waals surface area contributed by atoms with Gasteiger partial charge < -0.3 is 4.90 Å². The van der Waals surface area contributed by atoms with Gasteiger partial charge in [-0.2, -0.15) is 5.10 Å². The molecule has 0 aliphatic rings. The SMILES string of the molecule is Cc1ccc(/C=C/C(=O)N(Cc2cccs2)c2cnn(C)c2)cc1. The Morgan fingerprint density at radius 3 is 2.71 bits per heavy atom. The van der Waals surface area contributed by atoms with Crippen molar-refractivity contribution in [1.29, 1.82) is 0 Å². The average molecular weight is 337 g/mol. The van der Waals surface area contributed by atoms with Gasteiger partial charge >= 0.3 is 0 Å². The molecule has 24 heavy (non-hydrogen) atoms. The van der Waals surface area contributed by atoms with Crippen molar-refractivity contribution in [3.8, 4) is 0 Å². The minimum absolute atomic E-state index is 0.0584. The molecule has 0 saturated carbocycles. The summed E-state index contributed by atoms with van der Waals surface area (Å²) >= 11 is 1.64. The molecular formula is C19H19N3OS. The molecule has 0 radical (unpaired) electrons. The Hall–Kier alpha value is -2.66. The zero-order valence-corrected chi connectivity index (χ0v) is 14.5. The van der Waals surface area contributed by atoms with Gasteiger partial charge in [0.25, 0.3) is 5.91 Å². The number of carbonyl (C=O) groups excluding carboxylic acids is 1. The quantitative estimate of drug-likeness (QED) is 0.659. The van der Waals surface area contributed by atoms with Crippen LogP contribution in [-0.4, -0.2) is 15.7 Å². The van der Waals surface area contributed by atoms with Gasteiger partial charge in [-0.25, -0.2) is 0 Å². The molecule has 2 aromatic heterocycles. The molecule has 0 N–H and O–H groups in total. The second-order valence-corrected chi connectivity index (χ2v) is 6.65. The fourth-order valence-electron chi connectivity index (χ4n) is 2.34. The van der Waals surface area contributed by atoms with Crippen molar-refractivity contribution in [2.75, 3.05) is 4.90 Å². The summed E-state index contributed by atoms with van der Waals surface area (Å²) in [5.74, 6) is -0.0584. The van der Waals surface area contributed by atoms with Crippen LogP contribution in [0.4, 0.5) is 5.69 Å². The first-order valence-electron chi connectivity index (χ1n) is 7.69. The number of hydrogen-bond donors (Lipinski definition) is 0. The van der Waals surface area contributed by atoms with Crippen LogP contribution in [0.5, 0.6) is 0 Å². The molecule has 1 aromatic carbocycles. The highest BCUT2D eigenvalue weighted by molar-refractivity contribution is 7.09. The molecule has 5 heteroatoms. The summed E-state index contributed by atoms with van der Waals surface area (Å²) in [4.78, 5) is 15.6. The van der Waals surface area contributed by atoms with Crippen LogP contribution in [0, 0.1) is 6.92 Å². The van der Waals surface area contributed by atoms with E-state index in [-0.39, 0.29) is 5.91 Å². The first-order chi connectivity index (χ1) is 11.6. The molecule has 3 aromatic rings. The number of benzene rings is 1. The second-order valence-electron chi connectivity index (χ2n) is 5.62. The summed E-state index contributed by atoms with van der Waals surface area (Å²) in [6.07, 6.45) is 7.03. The lowest BCUT2D eigenvalue weighted by Crippen LogP contribution is -2.28. The van der Waals surface area contributed by atoms with Crippen molar-refractivity contribution >= 4 is 29.0 Å². The molecule has 1 amide bonds. The number of hydrogen-bond acceptors (Lipinski definition) is 3. The normalized spacial score (nSPS) is 11.1. The maximum Gasteiger partial charge on any atom is 0.251 e. The Kier molecular flexibility index (Phi) is 4.91. The third-order valence-corrected chi connectivity index (χ3v) is 4.52. The molecule has 3 rings (SSSR count). The van der Waals surface area contributed by atoms with Gasteiger partial charge in [0.1, 0.15) is 0 Å². The summed E-state index contributed by atoms with van der Waals surface area (Å²) < 4.78 is 1.70. The highest BCUT2D eigenvalue weighted by Gasteiger charge is 2.16. The number of thiophene rings is 1. The number of aromatic nitrogens is 2. The zero-order chi connectivity index (χ0) is 16.9. The van der Waals surface area contributed by atoms with Gasteiger partial charge in [-0.1, -0.05) is 35.9 Å². The third kappa shape index (κ3) is 4.00. The van der Waals surface area contributed by atoms with Crippen molar-refractivity contribution in [3.63, 3.8) is 0 Å². The van der Waals surface area contributed by atoms with Crippen LogP contribution >= 0.6 is 11.3 Å². The van der Waals surface area contributed by atoms with Crippen LogP contribution in [-0.2, 0) is 18.4 Å². The van der Waals surface area contributed by atoms with Crippen LogP contribution < -0.4 is 4.90 Å². The van der Waals surface area contributed by atoms with E-state index in [2.05, 4.69) is 5.10 Å². The molecule has 0 aliphatic heterocycles. The van der Waals surface area contributed by atoms with E-state index in [0.29, 0.717) is 6.54 Å². The minimum Gasteiger partial charge on any atom is -0.301 e. The summed E-state index contributed by atoms with van der Waals surface area (Å²) in [6, 6.07) is 12.1. The summed E-state index contributed by atoms with van der Waals surface area (Å²) in [5.41, 5.74) is 3.01. The van der Waals surface area contributed by atoms with Gasteiger partial charge in [-0.05, 0) is 30.0 Å². The van der Waals surface area contributed by atoms with Crippen LogP contribution in [0.15, 0.2) is 60.2 Å². The lowest BCUT2D eigenvalue weighted by Gasteiger charge is -2.18. The molecule has 0 saturated heterocycles. The highest BCUT2D eigenvalue weighted by atomic mass is 32.1. The number of anilines is 1. The Labute approximate surface area is 145 Å². The standard InChI is InChI=1S/C19H19N3OS/c1-15-5-7-16(8-6-15)9-10-19(23)22(14-18-4-3-11-24-18)17-12-20-21(2)13-17/h3-13H,14H2,1-2H3/b10-9+. The average Bonchev–Trinajstić information content (AvgIpc) is 3.23. The molecule has 0 aliphatic carbocycles. The van der Waals surface area contributed by atoms with E-state index in [1.165, 1.54) is 5.56 Å². The molecule has 2 heterocycles. The number of aryl methyl sites for hydroxylation is 2. The maximum atomic E-state index is 12.7. The summed E-state index contributed by atoms with van der Waals surface area (Å²) in [5, 5.41) is 6.20. The third-order valence-electron chi connectivity index (χ3n) is 3.66. The van der Waals surface area contributed by atoms with E-state index in [1.54, 1.807) is 33.2 Å². The Morgan fingerprint density at radius 2 is 2.08 bits per heavy atom. The Bertz CT molecular complexity index is 832. The largest absolute Gasteiger partial charge is 0.301 e. The Balaban J connectivity index is 1.81. The molecule has 122 valence electrons. The fourth-order valence-corrected chi connectivity index (χ4v) is 3.03. The highest BCUT2D eigenvalue weighted by Crippen LogP contribution is 2.20. The van der Waals surface area contributed by atoms with Crippen LogP contribution in [0.2, 0.25) is 0 Å². The fraction of sp³-hybridized carbons (Fsp3) is 0.158. The first-order valence-corrected chi connectivity index (χ1v) is 8.57. The molecule has 0 unspecified atom stereocenters. The molecule has 0 spiro atoms. The van der Waals surface area contributed by atoms with Gasteiger partial charge in [0, 0.05) is 24.2 Å². The van der Waals surface area contributed by atoms with Crippen molar-refractivity contribution in [3.05, 3.63) is 76.3 Å². The van der Waals surface area contributed by atoms with Gasteiger partial charge in [0.2, 0.25) is 0 Å². The lowest BCUT2D eigenvalue weighted by atomic mass is 10.1. The van der Waals surface area contributed by atoms with Crippen LogP contribution in [0.1, 0.15) is 16.0 Å². The first kappa shape index (κ1) is 16.2. The summed E-state index contributed by atoms with van der Waals surface area (Å²) in [6.45, 7) is 2.59. The topological polar surface area (TPSA) is 38.1 Å². The smallest absolute Gasteiger partial charge is 0.251 e. The molecule has 0 fully saturated rings. The van der Waals surface area contributed by atoms with Crippen LogP contribution in [0.25, 0.3) is 6.08 Å². The van der Waals surface area contributed by atoms with Crippen molar-refractivity contribution < 1.29 is 4.79 Å². The van der Waals surface area contributed by atoms with E-state index in [9.17, 15) is 4.79 Å². The van der Waals surface area contributed by atoms with Gasteiger partial charge in [0.05, 0.1) is 18.4 Å². The number of amides is 1. The lowest BCUT2D eigenvalue weighted by molar-refractivity contribution is -0.114. The number of carbonyl (C=O) groups is 1. The summed E-state index contributed by atoms with van der Waals surface area (Å²) in [7, 11) is 1.85. The van der Waals surface area contributed by atoms with E-state index in [1.807, 2.05) is 68.0 Å². The number of nitrogens with zero attached hydrogens (tertiary/aromatic N) is 3. The maximum absolute atomic E-state index is 12.7. The predicted octanol–water partition coefficient (Wildman–Crippen LogP) is 4.04. The molecule has 0 atom stereocenters. The monoisotopic (exact) mass is 337 g/mol. The molecular weight excluding hydrogens is 318 g/mol. The zero-order valence-electron chi connectivity index (χ0n) is 13.7. The second kappa shape index (κ2) is 7.27.